The number of benzene rings is 1. The minimum atomic E-state index is -1.31. The lowest BCUT2D eigenvalue weighted by Crippen LogP contribution is -2.27. The van der Waals surface area contributed by atoms with E-state index in [4.69, 9.17) is 10.2 Å². The van der Waals surface area contributed by atoms with E-state index in [1.165, 1.54) is 0 Å². The van der Waals surface area contributed by atoms with Gasteiger partial charge in [0.2, 0.25) is 0 Å². The fourth-order valence-electron chi connectivity index (χ4n) is 1.67. The van der Waals surface area contributed by atoms with Crippen molar-refractivity contribution in [3.05, 3.63) is 35.9 Å². The quantitative estimate of drug-likeness (QED) is 0.508. The van der Waals surface area contributed by atoms with E-state index in [0.717, 1.165) is 5.56 Å². The number of hydrogen-bond donors (Lipinski definition) is 4. The first-order chi connectivity index (χ1) is 8.65. The molecule has 0 aliphatic heterocycles. The number of aliphatic carboxylic acids is 1. The molecular weight excluding hydrogens is 234 g/mol. The molecule has 0 saturated carbocycles. The van der Waals surface area contributed by atoms with Gasteiger partial charge >= 0.3 is 5.97 Å². The molecule has 0 saturated heterocycles. The minimum absolute atomic E-state index is 0.0223. The highest BCUT2D eigenvalue weighted by molar-refractivity contribution is 5.71. The Kier molecular flexibility index (Phi) is 6.35. The van der Waals surface area contributed by atoms with Crippen LogP contribution in [0.1, 0.15) is 24.4 Å². The van der Waals surface area contributed by atoms with Crippen LogP contribution < -0.4 is 5.32 Å². The zero-order valence-electron chi connectivity index (χ0n) is 10.1. The Hall–Kier alpha value is -1.43. The van der Waals surface area contributed by atoms with E-state index in [2.05, 4.69) is 5.32 Å². The van der Waals surface area contributed by atoms with Gasteiger partial charge in [-0.2, -0.15) is 0 Å². The lowest BCUT2D eigenvalue weighted by molar-refractivity contribution is -0.146. The van der Waals surface area contributed by atoms with E-state index in [1.807, 2.05) is 30.3 Å². The second-order valence-electron chi connectivity index (χ2n) is 4.10. The van der Waals surface area contributed by atoms with Gasteiger partial charge < -0.3 is 20.6 Å². The molecular formula is C13H19NO4. The molecule has 0 heterocycles. The van der Waals surface area contributed by atoms with E-state index >= 15 is 0 Å². The Balaban J connectivity index is 2.31. The Morgan fingerprint density at radius 1 is 1.28 bits per heavy atom. The SMILES string of the molecule is O=C(O)C(O)CCCNC(CO)c1ccccc1. The number of hydrogen-bond acceptors (Lipinski definition) is 4. The van der Waals surface area contributed by atoms with Crippen LogP contribution in [0.15, 0.2) is 30.3 Å². The summed E-state index contributed by atoms with van der Waals surface area (Å²) in [6.07, 6.45) is -0.567. The summed E-state index contributed by atoms with van der Waals surface area (Å²) in [5, 5.41) is 30.0. The van der Waals surface area contributed by atoms with Crippen molar-refractivity contribution in [1.29, 1.82) is 0 Å². The maximum Gasteiger partial charge on any atom is 0.332 e. The molecule has 18 heavy (non-hydrogen) atoms. The number of nitrogens with one attached hydrogen (secondary N) is 1. The number of rotatable bonds is 8. The number of aliphatic hydroxyl groups is 2. The molecule has 0 aliphatic rings. The molecule has 1 rings (SSSR count). The van der Waals surface area contributed by atoms with Gasteiger partial charge in [-0.1, -0.05) is 30.3 Å². The van der Waals surface area contributed by atoms with Gasteiger partial charge in [-0.25, -0.2) is 4.79 Å². The summed E-state index contributed by atoms with van der Waals surface area (Å²) in [5.74, 6) is -1.20. The van der Waals surface area contributed by atoms with Crippen molar-refractivity contribution in [2.24, 2.45) is 0 Å². The molecule has 2 unspecified atom stereocenters. The van der Waals surface area contributed by atoms with Crippen LogP contribution in [-0.2, 0) is 4.79 Å². The predicted molar refractivity (Wildman–Crippen MR) is 67.1 cm³/mol. The number of carboxylic acid groups (broad SMARTS) is 1. The molecule has 5 nitrogen and oxygen atoms in total. The van der Waals surface area contributed by atoms with E-state index in [0.29, 0.717) is 13.0 Å². The standard InChI is InChI=1S/C13H19NO4/c15-9-11(10-5-2-1-3-6-10)14-8-4-7-12(16)13(17)18/h1-3,5-6,11-12,14-16H,4,7-9H2,(H,17,18). The van der Waals surface area contributed by atoms with Gasteiger partial charge in [0, 0.05) is 0 Å². The summed E-state index contributed by atoms with van der Waals surface area (Å²) in [6.45, 7) is 0.524. The van der Waals surface area contributed by atoms with Gasteiger partial charge in [-0.3, -0.25) is 0 Å². The molecule has 0 spiro atoms. The molecule has 4 N–H and O–H groups in total. The maximum atomic E-state index is 10.4. The van der Waals surface area contributed by atoms with Crippen LogP contribution in [-0.4, -0.2) is 40.5 Å². The zero-order valence-corrected chi connectivity index (χ0v) is 10.1. The summed E-state index contributed by atoms with van der Waals surface area (Å²) in [7, 11) is 0. The summed E-state index contributed by atoms with van der Waals surface area (Å²) in [6, 6.07) is 9.37. The monoisotopic (exact) mass is 253 g/mol. The molecule has 1 aromatic rings. The van der Waals surface area contributed by atoms with Crippen LogP contribution in [0.25, 0.3) is 0 Å². The molecule has 5 heteroatoms. The summed E-state index contributed by atoms with van der Waals surface area (Å²) in [4.78, 5) is 10.4. The fourth-order valence-corrected chi connectivity index (χ4v) is 1.67. The zero-order chi connectivity index (χ0) is 13.4. The third-order valence-corrected chi connectivity index (χ3v) is 2.71. The molecule has 0 radical (unpaired) electrons. The van der Waals surface area contributed by atoms with Crippen molar-refractivity contribution in [1.82, 2.24) is 5.32 Å². The number of aliphatic hydroxyl groups excluding tert-OH is 2. The van der Waals surface area contributed by atoms with Crippen LogP contribution in [0, 0.1) is 0 Å². The van der Waals surface area contributed by atoms with Crippen LogP contribution in [0.4, 0.5) is 0 Å². The van der Waals surface area contributed by atoms with Crippen molar-refractivity contribution in [3.8, 4) is 0 Å². The van der Waals surface area contributed by atoms with Crippen LogP contribution in [0.3, 0.4) is 0 Å². The largest absolute Gasteiger partial charge is 0.479 e. The fraction of sp³-hybridized carbons (Fsp3) is 0.462. The first-order valence-corrected chi connectivity index (χ1v) is 5.95. The second kappa shape index (κ2) is 7.81. The highest BCUT2D eigenvalue weighted by atomic mass is 16.4. The first kappa shape index (κ1) is 14.6. The summed E-state index contributed by atoms with van der Waals surface area (Å²) < 4.78 is 0. The molecule has 100 valence electrons. The molecule has 0 aromatic heterocycles. The molecule has 0 fully saturated rings. The topological polar surface area (TPSA) is 89.8 Å². The highest BCUT2D eigenvalue weighted by Crippen LogP contribution is 2.11. The summed E-state index contributed by atoms with van der Waals surface area (Å²) in [5.41, 5.74) is 0.985. The molecule has 2 atom stereocenters. The third-order valence-electron chi connectivity index (χ3n) is 2.71. The van der Waals surface area contributed by atoms with Crippen LogP contribution in [0.5, 0.6) is 0 Å². The van der Waals surface area contributed by atoms with Crippen molar-refractivity contribution in [3.63, 3.8) is 0 Å². The smallest absolute Gasteiger partial charge is 0.332 e. The van der Waals surface area contributed by atoms with Crippen molar-refractivity contribution < 1.29 is 20.1 Å². The highest BCUT2D eigenvalue weighted by Gasteiger charge is 2.13. The van der Waals surface area contributed by atoms with Gasteiger partial charge in [-0.05, 0) is 24.9 Å². The maximum absolute atomic E-state index is 10.4. The Morgan fingerprint density at radius 2 is 1.94 bits per heavy atom. The van der Waals surface area contributed by atoms with Crippen molar-refractivity contribution >= 4 is 5.97 Å². The second-order valence-corrected chi connectivity index (χ2v) is 4.10. The predicted octanol–water partition coefficient (Wildman–Crippen LogP) is 0.535. The molecule has 0 aliphatic carbocycles. The number of carbonyl (C=O) groups is 1. The van der Waals surface area contributed by atoms with Crippen molar-refractivity contribution in [2.75, 3.05) is 13.2 Å². The first-order valence-electron chi connectivity index (χ1n) is 5.95. The van der Waals surface area contributed by atoms with E-state index in [-0.39, 0.29) is 19.1 Å². The Bertz CT molecular complexity index is 355. The minimum Gasteiger partial charge on any atom is -0.479 e. The van der Waals surface area contributed by atoms with Gasteiger partial charge in [0.1, 0.15) is 0 Å². The molecule has 0 amide bonds. The van der Waals surface area contributed by atoms with E-state index in [1.54, 1.807) is 0 Å². The average Bonchev–Trinajstić information content (AvgIpc) is 2.39. The lowest BCUT2D eigenvalue weighted by atomic mass is 10.1. The summed E-state index contributed by atoms with van der Waals surface area (Å²) >= 11 is 0. The van der Waals surface area contributed by atoms with E-state index < -0.39 is 12.1 Å². The molecule has 0 bridgehead atoms. The lowest BCUT2D eigenvalue weighted by Gasteiger charge is -2.16. The third kappa shape index (κ3) is 4.83. The average molecular weight is 253 g/mol. The van der Waals surface area contributed by atoms with Gasteiger partial charge in [0.05, 0.1) is 12.6 Å². The number of carboxylic acids is 1. The van der Waals surface area contributed by atoms with E-state index in [9.17, 15) is 9.90 Å². The Morgan fingerprint density at radius 3 is 2.50 bits per heavy atom. The van der Waals surface area contributed by atoms with Gasteiger partial charge in [0.25, 0.3) is 0 Å². The van der Waals surface area contributed by atoms with Gasteiger partial charge in [-0.15, -0.1) is 0 Å². The van der Waals surface area contributed by atoms with Crippen molar-refractivity contribution in [2.45, 2.75) is 25.0 Å². The van der Waals surface area contributed by atoms with Gasteiger partial charge in [0.15, 0.2) is 6.10 Å². The Labute approximate surface area is 106 Å². The van der Waals surface area contributed by atoms with Crippen LogP contribution >= 0.6 is 0 Å². The normalized spacial score (nSPS) is 14.1. The van der Waals surface area contributed by atoms with Crippen LogP contribution in [0.2, 0.25) is 0 Å². The molecule has 1 aromatic carbocycles.